The van der Waals surface area contributed by atoms with Crippen LogP contribution in [0, 0.1) is 0 Å². The van der Waals surface area contributed by atoms with Crippen molar-refractivity contribution in [2.75, 3.05) is 0 Å². The lowest BCUT2D eigenvalue weighted by Gasteiger charge is -2.17. The molecule has 1 N–H and O–H groups in total. The molecule has 2 aromatic carbocycles. The lowest BCUT2D eigenvalue weighted by atomic mass is 10.0. The fraction of sp³-hybridized carbons (Fsp3) is 0.316. The van der Waals surface area contributed by atoms with Crippen LogP contribution in [-0.2, 0) is 11.2 Å². The fourth-order valence-corrected chi connectivity index (χ4v) is 2.47. The third kappa shape index (κ3) is 5.07. The van der Waals surface area contributed by atoms with E-state index >= 15 is 0 Å². The van der Waals surface area contributed by atoms with Crippen LogP contribution in [0.3, 0.4) is 0 Å². The van der Waals surface area contributed by atoms with Gasteiger partial charge in [0, 0.05) is 6.42 Å². The van der Waals surface area contributed by atoms with Crippen molar-refractivity contribution in [2.45, 2.75) is 38.6 Å². The molecule has 2 heteroatoms. The first-order valence-electron chi connectivity index (χ1n) is 7.68. The number of carbonyl (C=O) groups excluding carboxylic acids is 1. The molecule has 0 heterocycles. The third-order valence-corrected chi connectivity index (χ3v) is 3.66. The van der Waals surface area contributed by atoms with Crippen LogP contribution >= 0.6 is 0 Å². The summed E-state index contributed by atoms with van der Waals surface area (Å²) in [6.45, 7) is 2.10. The summed E-state index contributed by atoms with van der Waals surface area (Å²) >= 11 is 0. The summed E-state index contributed by atoms with van der Waals surface area (Å²) in [5.74, 6) is 0.140. The molecule has 0 fully saturated rings. The Hall–Kier alpha value is -2.09. The summed E-state index contributed by atoms with van der Waals surface area (Å²) in [7, 11) is 0. The van der Waals surface area contributed by atoms with E-state index in [9.17, 15) is 4.79 Å². The smallest absolute Gasteiger partial charge is 0.220 e. The molecule has 2 aromatic rings. The van der Waals surface area contributed by atoms with Crippen LogP contribution in [0.1, 0.15) is 43.4 Å². The van der Waals surface area contributed by atoms with E-state index in [2.05, 4.69) is 36.5 Å². The van der Waals surface area contributed by atoms with Crippen LogP contribution in [0.5, 0.6) is 0 Å². The minimum Gasteiger partial charge on any atom is -0.349 e. The predicted octanol–water partition coefficient (Wildman–Crippen LogP) is 4.28. The quantitative estimate of drug-likeness (QED) is 0.806. The van der Waals surface area contributed by atoms with Gasteiger partial charge in [-0.2, -0.15) is 0 Å². The van der Waals surface area contributed by atoms with E-state index in [-0.39, 0.29) is 11.9 Å². The molecule has 1 amide bonds. The SMILES string of the molecule is CC[C@@H](NC(=O)CCCc1ccccc1)c1ccccc1. The maximum atomic E-state index is 12.1. The maximum Gasteiger partial charge on any atom is 0.220 e. The van der Waals surface area contributed by atoms with Gasteiger partial charge in [0.15, 0.2) is 0 Å². The highest BCUT2D eigenvalue weighted by molar-refractivity contribution is 5.76. The molecule has 0 saturated heterocycles. The van der Waals surface area contributed by atoms with Gasteiger partial charge in [-0.1, -0.05) is 67.6 Å². The van der Waals surface area contributed by atoms with Gasteiger partial charge in [0.25, 0.3) is 0 Å². The Kier molecular flexibility index (Phi) is 6.01. The van der Waals surface area contributed by atoms with Gasteiger partial charge in [0.2, 0.25) is 5.91 Å². The number of carbonyl (C=O) groups is 1. The van der Waals surface area contributed by atoms with Gasteiger partial charge in [-0.05, 0) is 30.4 Å². The van der Waals surface area contributed by atoms with Crippen molar-refractivity contribution >= 4 is 5.91 Å². The first kappa shape index (κ1) is 15.3. The molecule has 0 unspecified atom stereocenters. The molecule has 0 aliphatic heterocycles. The topological polar surface area (TPSA) is 29.1 Å². The molecule has 2 rings (SSSR count). The van der Waals surface area contributed by atoms with E-state index in [4.69, 9.17) is 0 Å². The third-order valence-electron chi connectivity index (χ3n) is 3.66. The molecule has 0 aromatic heterocycles. The van der Waals surface area contributed by atoms with E-state index in [1.807, 2.05) is 36.4 Å². The summed E-state index contributed by atoms with van der Waals surface area (Å²) in [5, 5.41) is 3.13. The summed E-state index contributed by atoms with van der Waals surface area (Å²) < 4.78 is 0. The number of aryl methyl sites for hydroxylation is 1. The predicted molar refractivity (Wildman–Crippen MR) is 87.0 cm³/mol. The van der Waals surface area contributed by atoms with Gasteiger partial charge in [0.1, 0.15) is 0 Å². The van der Waals surface area contributed by atoms with Crippen LogP contribution < -0.4 is 5.32 Å². The zero-order chi connectivity index (χ0) is 14.9. The average Bonchev–Trinajstić information content (AvgIpc) is 2.54. The van der Waals surface area contributed by atoms with Crippen molar-refractivity contribution in [3.05, 3.63) is 71.8 Å². The lowest BCUT2D eigenvalue weighted by molar-refractivity contribution is -0.122. The van der Waals surface area contributed by atoms with Crippen molar-refractivity contribution in [1.82, 2.24) is 5.32 Å². The van der Waals surface area contributed by atoms with Crippen molar-refractivity contribution in [3.63, 3.8) is 0 Å². The first-order chi connectivity index (χ1) is 10.3. The van der Waals surface area contributed by atoms with Crippen LogP contribution in [0.2, 0.25) is 0 Å². The second-order valence-corrected chi connectivity index (χ2v) is 5.28. The van der Waals surface area contributed by atoms with Crippen molar-refractivity contribution in [3.8, 4) is 0 Å². The monoisotopic (exact) mass is 281 g/mol. The molecule has 0 bridgehead atoms. The Morgan fingerprint density at radius 1 is 1.00 bits per heavy atom. The Morgan fingerprint density at radius 3 is 2.24 bits per heavy atom. The fourth-order valence-electron chi connectivity index (χ4n) is 2.47. The first-order valence-corrected chi connectivity index (χ1v) is 7.68. The van der Waals surface area contributed by atoms with Crippen LogP contribution in [0.25, 0.3) is 0 Å². The number of nitrogens with one attached hydrogen (secondary N) is 1. The molecule has 0 spiro atoms. The van der Waals surface area contributed by atoms with Crippen LogP contribution in [-0.4, -0.2) is 5.91 Å². The highest BCUT2D eigenvalue weighted by Crippen LogP contribution is 2.16. The Balaban J connectivity index is 1.78. The highest BCUT2D eigenvalue weighted by atomic mass is 16.1. The normalized spacial score (nSPS) is 11.9. The number of benzene rings is 2. The summed E-state index contributed by atoms with van der Waals surface area (Å²) in [6.07, 6.45) is 3.34. The minimum atomic E-state index is 0.121. The van der Waals surface area contributed by atoms with Crippen LogP contribution in [0.4, 0.5) is 0 Å². The second kappa shape index (κ2) is 8.25. The van der Waals surface area contributed by atoms with Crippen molar-refractivity contribution in [1.29, 1.82) is 0 Å². The van der Waals surface area contributed by atoms with Crippen molar-refractivity contribution < 1.29 is 4.79 Å². The molecule has 110 valence electrons. The number of hydrogen-bond acceptors (Lipinski definition) is 1. The number of amides is 1. The zero-order valence-electron chi connectivity index (χ0n) is 12.6. The molecule has 1 atom stereocenters. The zero-order valence-corrected chi connectivity index (χ0v) is 12.6. The van der Waals surface area contributed by atoms with Crippen LogP contribution in [0.15, 0.2) is 60.7 Å². The molecule has 0 radical (unpaired) electrons. The molecule has 0 saturated carbocycles. The van der Waals surface area contributed by atoms with Gasteiger partial charge in [-0.3, -0.25) is 4.79 Å². The summed E-state index contributed by atoms with van der Waals surface area (Å²) in [6, 6.07) is 20.6. The summed E-state index contributed by atoms with van der Waals surface area (Å²) in [4.78, 5) is 12.1. The molecule has 0 aliphatic carbocycles. The van der Waals surface area contributed by atoms with Gasteiger partial charge >= 0.3 is 0 Å². The molecule has 21 heavy (non-hydrogen) atoms. The van der Waals surface area contributed by atoms with E-state index in [0.29, 0.717) is 6.42 Å². The second-order valence-electron chi connectivity index (χ2n) is 5.28. The van der Waals surface area contributed by atoms with Gasteiger partial charge in [0.05, 0.1) is 6.04 Å². The Bertz CT molecular complexity index is 536. The standard InChI is InChI=1S/C19H23NO/c1-2-18(17-13-7-4-8-14-17)20-19(21)15-9-12-16-10-5-3-6-11-16/h3-8,10-11,13-14,18H,2,9,12,15H2,1H3,(H,20,21)/t18-/m1/s1. The Labute approximate surface area is 127 Å². The van der Waals surface area contributed by atoms with E-state index in [0.717, 1.165) is 19.3 Å². The lowest BCUT2D eigenvalue weighted by Crippen LogP contribution is -2.27. The largest absolute Gasteiger partial charge is 0.349 e. The average molecular weight is 281 g/mol. The van der Waals surface area contributed by atoms with Gasteiger partial charge in [-0.25, -0.2) is 0 Å². The van der Waals surface area contributed by atoms with E-state index < -0.39 is 0 Å². The molecule has 0 aliphatic rings. The molecular formula is C19H23NO. The number of hydrogen-bond donors (Lipinski definition) is 1. The maximum absolute atomic E-state index is 12.1. The van der Waals surface area contributed by atoms with Gasteiger partial charge < -0.3 is 5.32 Å². The number of rotatable bonds is 7. The van der Waals surface area contributed by atoms with E-state index in [1.165, 1.54) is 11.1 Å². The highest BCUT2D eigenvalue weighted by Gasteiger charge is 2.11. The van der Waals surface area contributed by atoms with Crippen molar-refractivity contribution in [2.24, 2.45) is 0 Å². The van der Waals surface area contributed by atoms with Gasteiger partial charge in [-0.15, -0.1) is 0 Å². The summed E-state index contributed by atoms with van der Waals surface area (Å²) in [5.41, 5.74) is 2.47. The Morgan fingerprint density at radius 2 is 1.62 bits per heavy atom. The van der Waals surface area contributed by atoms with E-state index in [1.54, 1.807) is 0 Å². The molecule has 2 nitrogen and oxygen atoms in total. The molecular weight excluding hydrogens is 258 g/mol. The minimum absolute atomic E-state index is 0.121.